The zero-order chi connectivity index (χ0) is 62.1. The highest BCUT2D eigenvalue weighted by molar-refractivity contribution is 6.67. The van der Waals surface area contributed by atoms with Gasteiger partial charge < -0.3 is 71.6 Å². The molecule has 0 saturated carbocycles. The van der Waals surface area contributed by atoms with Crippen LogP contribution < -0.4 is 5.32 Å². The summed E-state index contributed by atoms with van der Waals surface area (Å²) >= 11 is 18.1. The van der Waals surface area contributed by atoms with Crippen LogP contribution in [0.15, 0.2) is 212 Å². The van der Waals surface area contributed by atoms with E-state index in [1.54, 1.807) is 0 Å². The zero-order valence-corrected chi connectivity index (χ0v) is 51.7. The molecule has 0 aromatic heterocycles. The largest absolute Gasteiger partial charge is 0.445 e. The molecular formula is C70H73Cl3FNO15. The van der Waals surface area contributed by atoms with E-state index >= 15 is 4.39 Å². The van der Waals surface area contributed by atoms with Gasteiger partial charge in [0.15, 0.2) is 18.9 Å². The molecule has 476 valence electrons. The third kappa shape index (κ3) is 18.2. The fourth-order valence-electron chi connectivity index (χ4n) is 11.3. The Bertz CT molecular complexity index is 3210. The summed E-state index contributed by atoms with van der Waals surface area (Å²) in [5.74, 6) is 0. The molecule has 4 aliphatic heterocycles. The molecule has 11 rings (SSSR count). The van der Waals surface area contributed by atoms with Gasteiger partial charge in [-0.25, -0.2) is 9.18 Å². The number of rotatable bonds is 26. The van der Waals surface area contributed by atoms with Gasteiger partial charge in [0, 0.05) is 5.56 Å². The Morgan fingerprint density at radius 2 is 0.900 bits per heavy atom. The molecule has 16 nitrogen and oxygen atoms in total. The maximum Gasteiger partial charge on any atom is 0.407 e. The third-order valence-corrected chi connectivity index (χ3v) is 16.1. The molecule has 4 aliphatic rings. The number of halogens is 4. The molecule has 0 spiro atoms. The monoisotopic (exact) mass is 1290 g/mol. The molecule has 0 radical (unpaired) electrons. The first-order chi connectivity index (χ1) is 44.0. The van der Waals surface area contributed by atoms with Crippen molar-refractivity contribution in [1.29, 1.82) is 0 Å². The molecule has 0 unspecified atom stereocenters. The Hall–Kier alpha value is -5.91. The predicted molar refractivity (Wildman–Crippen MR) is 332 cm³/mol. The number of ether oxygens (including phenoxy) is 14. The summed E-state index contributed by atoms with van der Waals surface area (Å²) in [6, 6.07) is 65.9. The van der Waals surface area contributed by atoms with Gasteiger partial charge in [-0.05, 0) is 40.3 Å². The highest BCUT2D eigenvalue weighted by atomic mass is 35.6. The smallest absolute Gasteiger partial charge is 0.407 e. The van der Waals surface area contributed by atoms with Crippen molar-refractivity contribution in [3.05, 3.63) is 251 Å². The van der Waals surface area contributed by atoms with E-state index in [1.165, 1.54) is 0 Å². The Morgan fingerprint density at radius 3 is 1.39 bits per heavy atom. The van der Waals surface area contributed by atoms with Crippen LogP contribution in [-0.2, 0) is 106 Å². The second-order valence-corrected chi connectivity index (χ2v) is 24.8. The lowest BCUT2D eigenvalue weighted by molar-refractivity contribution is -0.399. The Balaban J connectivity index is 1.03. The van der Waals surface area contributed by atoms with Crippen LogP contribution in [0.3, 0.4) is 0 Å². The number of hydrogen-bond acceptors (Lipinski definition) is 15. The molecule has 7 aromatic rings. The average Bonchev–Trinajstić information content (AvgIpc) is 0.848. The minimum absolute atomic E-state index is 0.0436. The molecule has 0 bridgehead atoms. The van der Waals surface area contributed by atoms with E-state index in [0.717, 1.165) is 33.4 Å². The van der Waals surface area contributed by atoms with Crippen molar-refractivity contribution in [3.63, 3.8) is 0 Å². The summed E-state index contributed by atoms with van der Waals surface area (Å²) in [4.78, 5) is 13.9. The van der Waals surface area contributed by atoms with Crippen molar-refractivity contribution in [3.8, 4) is 0 Å². The summed E-state index contributed by atoms with van der Waals surface area (Å²) in [6.45, 7) is 1.86. The molecule has 1 amide bonds. The number of benzene rings is 7. The molecular weight excluding hydrogens is 1220 g/mol. The predicted octanol–water partition coefficient (Wildman–Crippen LogP) is 12.6. The summed E-state index contributed by atoms with van der Waals surface area (Å²) < 4.78 is 111. The van der Waals surface area contributed by atoms with Gasteiger partial charge in [-0.2, -0.15) is 0 Å². The molecule has 4 heterocycles. The Labute approximate surface area is 538 Å². The number of nitrogens with one attached hydrogen (secondary N) is 1. The van der Waals surface area contributed by atoms with E-state index in [-0.39, 0.29) is 52.9 Å². The fourth-order valence-corrected chi connectivity index (χ4v) is 11.5. The summed E-state index contributed by atoms with van der Waals surface area (Å²) in [7, 11) is 0. The standard InChI is InChI=1S/C70H73Cl3FNO15/c1-46-57(78-38-48-25-11-3-12-26-48)61(80-40-50-29-15-5-16-30-50)63(82-42-52-33-19-7-20-34-52)67(85-46)90-64-62(81-41-51-31-17-6-18-32-51)58(79-39-49-27-13-4-14-28-49)54(43-77-37-47-23-9-2-10-24-47)87-68(64)89-60-56(75-69(76)84-45-70(71,72)73)65(74)86-55-44-83-66(88-59(55)60)53-35-21-8-22-36-53/h2-36,46,54-68H,37-45H2,1H3,(H,75,76)/t46-,54+,55+,56+,57+,58-,59-,60+,61+,62-,63-,64+,65-,66-,67-,68-/m0/s1. The van der Waals surface area contributed by atoms with Crippen LogP contribution in [-0.4, -0.2) is 122 Å². The van der Waals surface area contributed by atoms with E-state index in [0.29, 0.717) is 5.56 Å². The van der Waals surface area contributed by atoms with E-state index in [9.17, 15) is 4.79 Å². The summed E-state index contributed by atoms with van der Waals surface area (Å²) in [6.07, 6.45) is -18.9. The summed E-state index contributed by atoms with van der Waals surface area (Å²) in [5.41, 5.74) is 5.96. The fraction of sp³-hybridized carbons (Fsp3) is 0.386. The van der Waals surface area contributed by atoms with Gasteiger partial charge in [0.2, 0.25) is 10.2 Å². The lowest BCUT2D eigenvalue weighted by Gasteiger charge is -2.52. The van der Waals surface area contributed by atoms with Crippen molar-refractivity contribution in [2.45, 2.75) is 149 Å². The number of fused-ring (bicyclic) bond motifs is 1. The number of alkyl carbamates (subject to hydrolysis) is 1. The molecule has 7 aromatic carbocycles. The van der Waals surface area contributed by atoms with E-state index in [4.69, 9.17) is 101 Å². The number of amides is 1. The average molecular weight is 1290 g/mol. The maximum atomic E-state index is 17.3. The molecule has 1 N–H and O–H groups in total. The lowest BCUT2D eigenvalue weighted by atomic mass is 9.94. The molecule has 16 atom stereocenters. The van der Waals surface area contributed by atoms with Crippen molar-refractivity contribution in [2.75, 3.05) is 19.8 Å². The van der Waals surface area contributed by atoms with Crippen molar-refractivity contribution < 1.29 is 75.5 Å². The summed E-state index contributed by atoms with van der Waals surface area (Å²) in [5, 5.41) is 2.61. The molecule has 90 heavy (non-hydrogen) atoms. The normalized spacial score (nSPS) is 28.5. The molecule has 0 aliphatic carbocycles. The highest BCUT2D eigenvalue weighted by Gasteiger charge is 2.58. The third-order valence-electron chi connectivity index (χ3n) is 15.8. The van der Waals surface area contributed by atoms with Crippen LogP contribution in [0.4, 0.5) is 9.18 Å². The van der Waals surface area contributed by atoms with E-state index < -0.39 is 115 Å². The molecule has 4 fully saturated rings. The molecule has 20 heteroatoms. The van der Waals surface area contributed by atoms with Gasteiger partial charge in [0.25, 0.3) is 0 Å². The van der Waals surface area contributed by atoms with Crippen molar-refractivity contribution >= 4 is 40.9 Å². The number of hydrogen-bond donors (Lipinski definition) is 1. The minimum atomic E-state index is -2.26. The number of carbonyl (C=O) groups excluding carboxylic acids is 1. The van der Waals surface area contributed by atoms with Gasteiger partial charge in [0.05, 0.1) is 59.0 Å². The van der Waals surface area contributed by atoms with Gasteiger partial charge in [-0.1, -0.05) is 247 Å². The van der Waals surface area contributed by atoms with Crippen LogP contribution >= 0.6 is 34.8 Å². The van der Waals surface area contributed by atoms with Crippen LogP contribution in [0.5, 0.6) is 0 Å². The van der Waals surface area contributed by atoms with Crippen LogP contribution in [0, 0.1) is 0 Å². The lowest BCUT2D eigenvalue weighted by Crippen LogP contribution is -2.70. The number of alkyl halides is 4. The zero-order valence-electron chi connectivity index (χ0n) is 49.4. The number of carbonyl (C=O) groups is 1. The minimum Gasteiger partial charge on any atom is -0.445 e. The van der Waals surface area contributed by atoms with Crippen LogP contribution in [0.1, 0.15) is 52.2 Å². The van der Waals surface area contributed by atoms with Crippen molar-refractivity contribution in [1.82, 2.24) is 5.32 Å². The first kappa shape index (κ1) is 65.6. The van der Waals surface area contributed by atoms with E-state index in [2.05, 4.69) is 5.32 Å². The van der Waals surface area contributed by atoms with Gasteiger partial charge >= 0.3 is 6.09 Å². The maximum absolute atomic E-state index is 17.3. The topological polar surface area (TPSA) is 158 Å². The second-order valence-electron chi connectivity index (χ2n) is 22.3. The highest BCUT2D eigenvalue weighted by Crippen LogP contribution is 2.41. The van der Waals surface area contributed by atoms with Gasteiger partial charge in [0.1, 0.15) is 73.7 Å². The second kappa shape index (κ2) is 32.6. The van der Waals surface area contributed by atoms with Gasteiger partial charge in [-0.15, -0.1) is 0 Å². The first-order valence-corrected chi connectivity index (χ1v) is 31.2. The first-order valence-electron chi connectivity index (χ1n) is 30.1. The van der Waals surface area contributed by atoms with Gasteiger partial charge in [-0.3, -0.25) is 0 Å². The Kier molecular flexibility index (Phi) is 23.7. The van der Waals surface area contributed by atoms with Crippen molar-refractivity contribution in [2.24, 2.45) is 0 Å². The Morgan fingerprint density at radius 1 is 0.489 bits per heavy atom. The van der Waals surface area contributed by atoms with E-state index in [1.807, 2.05) is 219 Å². The van der Waals surface area contributed by atoms with Crippen LogP contribution in [0.2, 0.25) is 0 Å². The van der Waals surface area contributed by atoms with Crippen LogP contribution in [0.25, 0.3) is 0 Å². The molecule has 4 saturated heterocycles. The quantitative estimate of drug-likeness (QED) is 0.0510. The SMILES string of the molecule is C[C@@H]1O[C@@H](O[C@H]2[C@H](O[C@@H]3[C@@H](NC(=O)OCC(Cl)(Cl)Cl)[C@@H](F)O[C@@H]4CO[C@H](c5ccccc5)O[C@H]34)O[C@H](COCc3ccccc3)[C@H](OCc3ccccc3)[C@@H]2OCc2ccccc2)[C@@H](OCc2ccccc2)[C@H](OCc2ccccc2)[C@@H]1OCc1ccccc1.